The predicted molar refractivity (Wildman–Crippen MR) is 122 cm³/mol. The van der Waals surface area contributed by atoms with Crippen molar-refractivity contribution in [1.82, 2.24) is 20.3 Å². The monoisotopic (exact) mass is 483 g/mol. The molecule has 1 fully saturated rings. The van der Waals surface area contributed by atoms with E-state index in [-0.39, 0.29) is 4.90 Å². The standard InChI is InChI=1S/C21H33N5O6S/c22-12-6-1-2-7-13-24-21(30)25-15-18(20(28)29)26(19(27)17-11-8-14-23-17)33(31,32)16-9-4-3-5-10-16/h3-5,9-10,17-18,23H,1-2,6-8,11-15,22H2,(H,28,29)(H2,24,25,30)/t17-,18-/m0/s1. The second-order valence-corrected chi connectivity index (χ2v) is 9.61. The minimum absolute atomic E-state index is 0.204. The van der Waals surface area contributed by atoms with Crippen molar-refractivity contribution in [2.45, 2.75) is 55.5 Å². The fraction of sp³-hybridized carbons (Fsp3) is 0.571. The Morgan fingerprint density at radius 3 is 2.42 bits per heavy atom. The Kier molecular flexibility index (Phi) is 10.6. The molecule has 1 aliphatic heterocycles. The SMILES string of the molecule is NCCCCCCNC(=O)NC[C@@H](C(=O)O)N(C(=O)[C@@H]1CCCN1)S(=O)(=O)c1ccccc1. The zero-order valence-electron chi connectivity index (χ0n) is 18.5. The van der Waals surface area contributed by atoms with Crippen LogP contribution in [0.2, 0.25) is 0 Å². The zero-order valence-corrected chi connectivity index (χ0v) is 19.4. The van der Waals surface area contributed by atoms with Crippen LogP contribution in [0.3, 0.4) is 0 Å². The van der Waals surface area contributed by atoms with E-state index in [2.05, 4.69) is 16.0 Å². The van der Waals surface area contributed by atoms with Gasteiger partial charge >= 0.3 is 12.0 Å². The highest BCUT2D eigenvalue weighted by Gasteiger charge is 2.43. The van der Waals surface area contributed by atoms with Crippen molar-refractivity contribution in [1.29, 1.82) is 0 Å². The maximum atomic E-state index is 13.3. The zero-order chi connectivity index (χ0) is 24.3. The van der Waals surface area contributed by atoms with Crippen molar-refractivity contribution in [2.75, 3.05) is 26.2 Å². The summed E-state index contributed by atoms with van der Waals surface area (Å²) in [5, 5.41) is 17.7. The second-order valence-electron chi connectivity index (χ2n) is 7.79. The summed E-state index contributed by atoms with van der Waals surface area (Å²) in [6.07, 6.45) is 4.54. The van der Waals surface area contributed by atoms with Gasteiger partial charge in [-0.1, -0.05) is 31.0 Å². The molecule has 0 radical (unpaired) electrons. The molecule has 1 heterocycles. The first kappa shape index (κ1) is 26.6. The van der Waals surface area contributed by atoms with E-state index >= 15 is 0 Å². The Balaban J connectivity index is 2.14. The largest absolute Gasteiger partial charge is 0.480 e. The molecule has 1 saturated heterocycles. The van der Waals surface area contributed by atoms with E-state index in [0.717, 1.165) is 25.7 Å². The number of nitrogens with zero attached hydrogens (tertiary/aromatic N) is 1. The van der Waals surface area contributed by atoms with Gasteiger partial charge in [0.1, 0.15) is 0 Å². The van der Waals surface area contributed by atoms with Gasteiger partial charge in [-0.2, -0.15) is 0 Å². The summed E-state index contributed by atoms with van der Waals surface area (Å²) in [6.45, 7) is 0.950. The summed E-state index contributed by atoms with van der Waals surface area (Å²) in [4.78, 5) is 37.1. The third-order valence-corrected chi connectivity index (χ3v) is 7.14. The Morgan fingerprint density at radius 1 is 1.12 bits per heavy atom. The van der Waals surface area contributed by atoms with E-state index in [0.29, 0.717) is 36.8 Å². The molecule has 0 unspecified atom stereocenters. The molecule has 0 spiro atoms. The van der Waals surface area contributed by atoms with E-state index in [1.54, 1.807) is 6.07 Å². The molecule has 6 N–H and O–H groups in total. The topological polar surface area (TPSA) is 171 Å². The maximum Gasteiger partial charge on any atom is 0.329 e. The Hall–Kier alpha value is -2.70. The van der Waals surface area contributed by atoms with Gasteiger partial charge in [0.05, 0.1) is 17.5 Å². The fourth-order valence-electron chi connectivity index (χ4n) is 3.54. The third kappa shape index (κ3) is 7.69. The first-order valence-corrected chi connectivity index (χ1v) is 12.5. The van der Waals surface area contributed by atoms with Gasteiger partial charge in [0.15, 0.2) is 6.04 Å². The number of hydrogen-bond donors (Lipinski definition) is 5. The molecule has 2 atom stereocenters. The number of nitrogens with one attached hydrogen (secondary N) is 3. The van der Waals surface area contributed by atoms with Crippen LogP contribution in [-0.2, 0) is 19.6 Å². The number of unbranched alkanes of at least 4 members (excludes halogenated alkanes) is 3. The molecule has 1 aliphatic rings. The molecule has 184 valence electrons. The number of carboxylic acid groups (broad SMARTS) is 1. The lowest BCUT2D eigenvalue weighted by Crippen LogP contribution is -2.57. The van der Waals surface area contributed by atoms with Gasteiger partial charge in [0.25, 0.3) is 15.9 Å². The van der Waals surface area contributed by atoms with Gasteiger partial charge in [-0.05, 0) is 50.9 Å². The van der Waals surface area contributed by atoms with Gasteiger partial charge in [-0.3, -0.25) is 4.79 Å². The summed E-state index contributed by atoms with van der Waals surface area (Å²) < 4.78 is 27.0. The van der Waals surface area contributed by atoms with Crippen molar-refractivity contribution in [3.05, 3.63) is 30.3 Å². The van der Waals surface area contributed by atoms with Gasteiger partial charge in [-0.25, -0.2) is 22.3 Å². The van der Waals surface area contributed by atoms with Gasteiger partial charge < -0.3 is 26.8 Å². The van der Waals surface area contributed by atoms with Crippen LogP contribution in [0.1, 0.15) is 38.5 Å². The number of amides is 3. The lowest BCUT2D eigenvalue weighted by atomic mass is 10.2. The van der Waals surface area contributed by atoms with Crippen LogP contribution >= 0.6 is 0 Å². The molecule has 0 aliphatic carbocycles. The van der Waals surface area contributed by atoms with E-state index in [4.69, 9.17) is 5.73 Å². The van der Waals surface area contributed by atoms with Gasteiger partial charge in [-0.15, -0.1) is 0 Å². The lowest BCUT2D eigenvalue weighted by Gasteiger charge is -2.30. The number of rotatable bonds is 13. The maximum absolute atomic E-state index is 13.3. The molecule has 1 aromatic carbocycles. The number of aliphatic carboxylic acids is 1. The Labute approximate surface area is 194 Å². The number of benzene rings is 1. The summed E-state index contributed by atoms with van der Waals surface area (Å²) >= 11 is 0. The fourth-order valence-corrected chi connectivity index (χ4v) is 5.13. The number of carboxylic acids is 1. The average Bonchev–Trinajstić information content (AvgIpc) is 3.34. The third-order valence-electron chi connectivity index (χ3n) is 5.32. The molecule has 12 heteroatoms. The highest BCUT2D eigenvalue weighted by molar-refractivity contribution is 7.89. The summed E-state index contributed by atoms with van der Waals surface area (Å²) in [6, 6.07) is 3.91. The number of carbonyl (C=O) groups excluding carboxylic acids is 2. The van der Waals surface area contributed by atoms with Crippen LogP contribution in [0.5, 0.6) is 0 Å². The first-order chi connectivity index (χ1) is 15.8. The molecule has 33 heavy (non-hydrogen) atoms. The molecule has 0 saturated carbocycles. The number of sulfonamides is 1. The normalized spacial score (nSPS) is 16.7. The second kappa shape index (κ2) is 13.1. The van der Waals surface area contributed by atoms with Crippen LogP contribution in [-0.4, -0.2) is 74.0 Å². The van der Waals surface area contributed by atoms with Crippen molar-refractivity contribution >= 4 is 27.9 Å². The molecular weight excluding hydrogens is 450 g/mol. The lowest BCUT2D eigenvalue weighted by molar-refractivity contribution is -0.146. The highest BCUT2D eigenvalue weighted by atomic mass is 32.2. The minimum atomic E-state index is -4.48. The molecule has 0 aromatic heterocycles. The van der Waals surface area contributed by atoms with Crippen molar-refractivity contribution in [3.8, 4) is 0 Å². The van der Waals surface area contributed by atoms with Crippen LogP contribution in [0, 0.1) is 0 Å². The van der Waals surface area contributed by atoms with Gasteiger partial charge in [0.2, 0.25) is 0 Å². The molecule has 11 nitrogen and oxygen atoms in total. The van der Waals surface area contributed by atoms with Crippen molar-refractivity contribution in [3.63, 3.8) is 0 Å². The summed E-state index contributed by atoms with van der Waals surface area (Å²) in [5.41, 5.74) is 5.43. The van der Waals surface area contributed by atoms with E-state index in [1.807, 2.05) is 0 Å². The number of urea groups is 1. The summed E-state index contributed by atoms with van der Waals surface area (Å²) in [5.74, 6) is -2.39. The number of nitrogens with two attached hydrogens (primary N) is 1. The molecule has 0 bridgehead atoms. The molecule has 1 aromatic rings. The van der Waals surface area contributed by atoms with E-state index < -0.39 is 46.6 Å². The predicted octanol–water partition coefficient (Wildman–Crippen LogP) is 0.227. The van der Waals surface area contributed by atoms with E-state index in [9.17, 15) is 27.9 Å². The smallest absolute Gasteiger partial charge is 0.329 e. The van der Waals surface area contributed by atoms with Crippen LogP contribution < -0.4 is 21.7 Å². The van der Waals surface area contributed by atoms with Crippen molar-refractivity contribution in [2.24, 2.45) is 5.73 Å². The minimum Gasteiger partial charge on any atom is -0.480 e. The average molecular weight is 484 g/mol. The highest BCUT2D eigenvalue weighted by Crippen LogP contribution is 2.22. The Morgan fingerprint density at radius 2 is 1.82 bits per heavy atom. The summed E-state index contributed by atoms with van der Waals surface area (Å²) in [7, 11) is -4.48. The number of carbonyl (C=O) groups is 3. The Bertz CT molecular complexity index is 890. The molecular formula is C21H33N5O6S. The first-order valence-electron chi connectivity index (χ1n) is 11.1. The van der Waals surface area contributed by atoms with Crippen LogP contribution in [0.25, 0.3) is 0 Å². The van der Waals surface area contributed by atoms with Crippen LogP contribution in [0.4, 0.5) is 4.79 Å². The molecule has 2 rings (SSSR count). The van der Waals surface area contributed by atoms with Crippen LogP contribution in [0.15, 0.2) is 35.2 Å². The molecule has 3 amide bonds. The van der Waals surface area contributed by atoms with Gasteiger partial charge in [0, 0.05) is 6.54 Å². The van der Waals surface area contributed by atoms with Crippen molar-refractivity contribution < 1.29 is 27.9 Å². The van der Waals surface area contributed by atoms with E-state index in [1.165, 1.54) is 24.3 Å². The quantitative estimate of drug-likeness (QED) is 0.248. The number of hydrogen-bond acceptors (Lipinski definition) is 7.